The molecule has 0 bridgehead atoms. The minimum Gasteiger partial charge on any atom is -0.493 e. The maximum absolute atomic E-state index is 11.9. The number of aryl methyl sites for hydroxylation is 1. The maximum Gasteiger partial charge on any atom is 0.325 e. The molecule has 0 radical (unpaired) electrons. The van der Waals surface area contributed by atoms with Crippen molar-refractivity contribution in [2.75, 3.05) is 20.2 Å². The second kappa shape index (κ2) is 6.68. The van der Waals surface area contributed by atoms with Gasteiger partial charge in [-0.15, -0.1) is 11.3 Å². The van der Waals surface area contributed by atoms with Crippen molar-refractivity contribution in [3.8, 4) is 5.75 Å². The van der Waals surface area contributed by atoms with Gasteiger partial charge >= 0.3 is 5.97 Å². The first-order valence-electron chi connectivity index (χ1n) is 7.64. The van der Waals surface area contributed by atoms with Gasteiger partial charge in [0.15, 0.2) is 0 Å². The lowest BCUT2D eigenvalue weighted by molar-refractivity contribution is -0.143. The average molecular weight is 332 g/mol. The quantitative estimate of drug-likeness (QED) is 0.881. The molecule has 1 aliphatic heterocycles. The van der Waals surface area contributed by atoms with Gasteiger partial charge < -0.3 is 9.84 Å². The SMILES string of the molecule is Cc1ncsc1CCN(C)[C@@H](C(=O)O)c1cccc2c1OCC2. The van der Waals surface area contributed by atoms with Gasteiger partial charge in [-0.25, -0.2) is 4.98 Å². The second-order valence-electron chi connectivity index (χ2n) is 5.77. The minimum absolute atomic E-state index is 0.627. The number of nitrogens with zero attached hydrogens (tertiary/aromatic N) is 2. The van der Waals surface area contributed by atoms with E-state index in [1.165, 1.54) is 4.88 Å². The molecule has 1 aromatic carbocycles. The zero-order valence-electron chi connectivity index (χ0n) is 13.3. The molecule has 0 saturated carbocycles. The fraction of sp³-hybridized carbons (Fsp3) is 0.412. The molecule has 0 unspecified atom stereocenters. The van der Waals surface area contributed by atoms with E-state index in [2.05, 4.69) is 4.98 Å². The van der Waals surface area contributed by atoms with Crippen LogP contribution in [0.25, 0.3) is 0 Å². The van der Waals surface area contributed by atoms with E-state index in [4.69, 9.17) is 4.74 Å². The number of hydrogen-bond acceptors (Lipinski definition) is 5. The molecule has 122 valence electrons. The van der Waals surface area contributed by atoms with Gasteiger partial charge in [-0.2, -0.15) is 0 Å². The first kappa shape index (κ1) is 16.0. The van der Waals surface area contributed by atoms with E-state index in [0.29, 0.717) is 13.2 Å². The lowest BCUT2D eigenvalue weighted by Gasteiger charge is -2.26. The van der Waals surface area contributed by atoms with Crippen molar-refractivity contribution in [2.24, 2.45) is 0 Å². The number of ether oxygens (including phenoxy) is 1. The normalized spacial score (nSPS) is 14.6. The van der Waals surface area contributed by atoms with Crippen LogP contribution < -0.4 is 4.74 Å². The third kappa shape index (κ3) is 3.23. The van der Waals surface area contributed by atoms with Gasteiger partial charge in [0.05, 0.1) is 17.8 Å². The number of aliphatic carboxylic acids is 1. The van der Waals surface area contributed by atoms with Gasteiger partial charge in [0.1, 0.15) is 11.8 Å². The molecule has 0 aliphatic carbocycles. The van der Waals surface area contributed by atoms with Crippen molar-refractivity contribution < 1.29 is 14.6 Å². The molecule has 23 heavy (non-hydrogen) atoms. The number of benzene rings is 1. The number of hydrogen-bond donors (Lipinski definition) is 1. The zero-order chi connectivity index (χ0) is 16.4. The Kier molecular flexibility index (Phi) is 4.63. The number of thiazole rings is 1. The van der Waals surface area contributed by atoms with E-state index in [1.54, 1.807) is 11.3 Å². The van der Waals surface area contributed by atoms with Crippen molar-refractivity contribution >= 4 is 17.3 Å². The van der Waals surface area contributed by atoms with Crippen molar-refractivity contribution in [1.29, 1.82) is 0 Å². The Bertz CT molecular complexity index is 714. The third-order valence-corrected chi connectivity index (χ3v) is 5.25. The number of rotatable bonds is 6. The van der Waals surface area contributed by atoms with Gasteiger partial charge in [0.25, 0.3) is 0 Å². The van der Waals surface area contributed by atoms with Crippen LogP contribution in [0, 0.1) is 6.92 Å². The molecule has 0 saturated heterocycles. The second-order valence-corrected chi connectivity index (χ2v) is 6.71. The summed E-state index contributed by atoms with van der Waals surface area (Å²) in [5.74, 6) is -0.0989. The summed E-state index contributed by atoms with van der Waals surface area (Å²) in [5, 5.41) is 9.73. The molecule has 6 heteroatoms. The van der Waals surface area contributed by atoms with E-state index < -0.39 is 12.0 Å². The summed E-state index contributed by atoms with van der Waals surface area (Å²) in [6.45, 7) is 3.27. The predicted octanol–water partition coefficient (Wildman–Crippen LogP) is 2.69. The smallest absolute Gasteiger partial charge is 0.325 e. The van der Waals surface area contributed by atoms with Crippen LogP contribution in [-0.2, 0) is 17.6 Å². The van der Waals surface area contributed by atoms with E-state index in [-0.39, 0.29) is 0 Å². The van der Waals surface area contributed by atoms with Gasteiger partial charge in [0, 0.05) is 23.4 Å². The summed E-state index contributed by atoms with van der Waals surface area (Å²) in [6, 6.07) is 5.08. The highest BCUT2D eigenvalue weighted by molar-refractivity contribution is 7.09. The lowest BCUT2D eigenvalue weighted by Crippen LogP contribution is -2.32. The molecule has 0 amide bonds. The highest BCUT2D eigenvalue weighted by Gasteiger charge is 2.30. The van der Waals surface area contributed by atoms with Crippen LogP contribution in [0.1, 0.15) is 27.7 Å². The fourth-order valence-electron chi connectivity index (χ4n) is 2.99. The number of para-hydroxylation sites is 1. The van der Waals surface area contributed by atoms with Gasteiger partial charge in [-0.05, 0) is 26.0 Å². The summed E-state index contributed by atoms with van der Waals surface area (Å²) < 4.78 is 5.68. The Hall–Kier alpha value is -1.92. The van der Waals surface area contributed by atoms with E-state index in [9.17, 15) is 9.90 Å². The largest absolute Gasteiger partial charge is 0.493 e. The van der Waals surface area contributed by atoms with Crippen molar-refractivity contribution in [3.63, 3.8) is 0 Å². The summed E-state index contributed by atoms with van der Waals surface area (Å²) in [5.41, 5.74) is 4.70. The van der Waals surface area contributed by atoms with E-state index >= 15 is 0 Å². The van der Waals surface area contributed by atoms with Gasteiger partial charge in [-0.3, -0.25) is 9.69 Å². The number of carboxylic acids is 1. The summed E-state index contributed by atoms with van der Waals surface area (Å²) in [6.07, 6.45) is 1.64. The third-order valence-electron chi connectivity index (χ3n) is 4.25. The Labute approximate surface area is 139 Å². The highest BCUT2D eigenvalue weighted by Crippen LogP contribution is 2.35. The molecule has 1 aromatic heterocycles. The monoisotopic (exact) mass is 332 g/mol. The van der Waals surface area contributed by atoms with Gasteiger partial charge in [-0.1, -0.05) is 18.2 Å². The molecule has 2 heterocycles. The van der Waals surface area contributed by atoms with Crippen LogP contribution in [0.15, 0.2) is 23.7 Å². The van der Waals surface area contributed by atoms with Crippen LogP contribution in [0.2, 0.25) is 0 Å². The number of aromatic nitrogens is 1. The molecular formula is C17H20N2O3S. The molecule has 5 nitrogen and oxygen atoms in total. The Morgan fingerprint density at radius 1 is 1.52 bits per heavy atom. The number of carbonyl (C=O) groups is 1. The zero-order valence-corrected chi connectivity index (χ0v) is 14.1. The molecular weight excluding hydrogens is 312 g/mol. The predicted molar refractivity (Wildman–Crippen MR) is 89.2 cm³/mol. The Morgan fingerprint density at radius 2 is 2.35 bits per heavy atom. The van der Waals surface area contributed by atoms with Crippen molar-refractivity contribution in [2.45, 2.75) is 25.8 Å². The first-order chi connectivity index (χ1) is 11.1. The summed E-state index contributed by atoms with van der Waals surface area (Å²) in [7, 11) is 1.85. The van der Waals surface area contributed by atoms with Crippen molar-refractivity contribution in [3.05, 3.63) is 45.4 Å². The maximum atomic E-state index is 11.9. The molecule has 3 rings (SSSR count). The molecule has 1 atom stereocenters. The first-order valence-corrected chi connectivity index (χ1v) is 8.52. The minimum atomic E-state index is -0.850. The highest BCUT2D eigenvalue weighted by atomic mass is 32.1. The lowest BCUT2D eigenvalue weighted by atomic mass is 10.0. The number of likely N-dealkylation sites (N-methyl/N-ethyl adjacent to an activating group) is 1. The van der Waals surface area contributed by atoms with E-state index in [1.807, 2.05) is 42.6 Å². The molecule has 2 aromatic rings. The standard InChI is InChI=1S/C17H20N2O3S/c1-11-14(23-10-18-11)6-8-19(2)15(17(20)21)13-5-3-4-12-7-9-22-16(12)13/h3-5,10,15H,6-9H2,1-2H3,(H,20,21)/t15-/m1/s1. The van der Waals surface area contributed by atoms with Gasteiger partial charge in [0.2, 0.25) is 0 Å². The average Bonchev–Trinajstić information content (AvgIpc) is 3.14. The summed E-state index contributed by atoms with van der Waals surface area (Å²) in [4.78, 5) is 19.2. The summed E-state index contributed by atoms with van der Waals surface area (Å²) >= 11 is 1.62. The number of fused-ring (bicyclic) bond motifs is 1. The number of carboxylic acid groups (broad SMARTS) is 1. The topological polar surface area (TPSA) is 62.7 Å². The van der Waals surface area contributed by atoms with Crippen molar-refractivity contribution in [1.82, 2.24) is 9.88 Å². The van der Waals surface area contributed by atoms with Crippen LogP contribution in [-0.4, -0.2) is 41.2 Å². The van der Waals surface area contributed by atoms with Crippen LogP contribution in [0.3, 0.4) is 0 Å². The van der Waals surface area contributed by atoms with Crippen LogP contribution in [0.4, 0.5) is 0 Å². The Balaban J connectivity index is 1.80. The molecule has 1 aliphatic rings. The fourth-order valence-corrected chi connectivity index (χ4v) is 3.76. The van der Waals surface area contributed by atoms with Crippen LogP contribution in [0.5, 0.6) is 5.75 Å². The van der Waals surface area contributed by atoms with E-state index in [0.717, 1.165) is 35.4 Å². The van der Waals surface area contributed by atoms with Crippen LogP contribution >= 0.6 is 11.3 Å². The Morgan fingerprint density at radius 3 is 3.04 bits per heavy atom. The molecule has 1 N–H and O–H groups in total. The molecule has 0 fully saturated rings. The molecule has 0 spiro atoms.